The van der Waals surface area contributed by atoms with E-state index in [9.17, 15) is 13.2 Å². The number of nitrogens with zero attached hydrogens (tertiary/aromatic N) is 1. The molecule has 0 saturated carbocycles. The molecule has 2 heterocycles. The second-order valence-corrected chi connectivity index (χ2v) is 9.94. The molecule has 1 aromatic carbocycles. The first-order valence-electron chi connectivity index (χ1n) is 8.67. The van der Waals surface area contributed by atoms with Crippen LogP contribution in [-0.4, -0.2) is 49.5 Å². The van der Waals surface area contributed by atoms with E-state index in [1.54, 1.807) is 11.9 Å². The SMILES string of the molecule is CN(C(=O)NCc1ccc2c(c1)CC(C)(C)O2)C1CCS(=O)(=O)CC1. The molecule has 1 aromatic rings. The average Bonchev–Trinajstić information content (AvgIpc) is 2.85. The van der Waals surface area contributed by atoms with Gasteiger partial charge in [0.1, 0.15) is 21.2 Å². The van der Waals surface area contributed by atoms with E-state index in [2.05, 4.69) is 25.2 Å². The number of urea groups is 1. The molecule has 138 valence electrons. The van der Waals surface area contributed by atoms with Crippen LogP contribution in [0.4, 0.5) is 4.79 Å². The predicted molar refractivity (Wildman–Crippen MR) is 96.5 cm³/mol. The van der Waals surface area contributed by atoms with Crippen LogP contribution in [0.15, 0.2) is 18.2 Å². The summed E-state index contributed by atoms with van der Waals surface area (Å²) in [7, 11) is -1.18. The van der Waals surface area contributed by atoms with Crippen LogP contribution in [0.2, 0.25) is 0 Å². The number of ether oxygens (including phenoxy) is 1. The first-order chi connectivity index (χ1) is 11.7. The van der Waals surface area contributed by atoms with E-state index in [-0.39, 0.29) is 29.2 Å². The molecule has 1 N–H and O–H groups in total. The smallest absolute Gasteiger partial charge is 0.317 e. The normalized spacial score (nSPS) is 21.2. The van der Waals surface area contributed by atoms with Crippen molar-refractivity contribution in [2.24, 2.45) is 0 Å². The number of carbonyl (C=O) groups is 1. The molecule has 0 radical (unpaired) electrons. The van der Waals surface area contributed by atoms with Crippen LogP contribution < -0.4 is 10.1 Å². The molecule has 1 fully saturated rings. The highest BCUT2D eigenvalue weighted by Gasteiger charge is 2.30. The molecule has 1 saturated heterocycles. The zero-order valence-electron chi connectivity index (χ0n) is 15.0. The Morgan fingerprint density at radius 3 is 2.68 bits per heavy atom. The van der Waals surface area contributed by atoms with Crippen molar-refractivity contribution in [2.45, 2.75) is 51.3 Å². The Morgan fingerprint density at radius 1 is 1.32 bits per heavy atom. The molecular weight excluding hydrogens is 340 g/mol. The Kier molecular flexibility index (Phi) is 4.70. The molecule has 0 aromatic heterocycles. The molecule has 0 bridgehead atoms. The summed E-state index contributed by atoms with van der Waals surface area (Å²) < 4.78 is 28.9. The zero-order chi connectivity index (χ0) is 18.2. The summed E-state index contributed by atoms with van der Waals surface area (Å²) in [6, 6.07) is 5.83. The molecule has 0 atom stereocenters. The van der Waals surface area contributed by atoms with Crippen LogP contribution in [0.5, 0.6) is 5.75 Å². The van der Waals surface area contributed by atoms with Crippen molar-refractivity contribution in [1.29, 1.82) is 0 Å². The largest absolute Gasteiger partial charge is 0.487 e. The Balaban J connectivity index is 1.54. The number of nitrogens with one attached hydrogen (secondary N) is 1. The van der Waals surface area contributed by atoms with Crippen LogP contribution in [0.1, 0.15) is 37.8 Å². The first-order valence-corrected chi connectivity index (χ1v) is 10.5. The summed E-state index contributed by atoms with van der Waals surface area (Å²) in [6.45, 7) is 4.57. The molecular formula is C18H26N2O4S. The average molecular weight is 366 g/mol. The van der Waals surface area contributed by atoms with Gasteiger partial charge in [-0.15, -0.1) is 0 Å². The molecule has 0 spiro atoms. The summed E-state index contributed by atoms with van der Waals surface area (Å²) >= 11 is 0. The lowest BCUT2D eigenvalue weighted by atomic mass is 10.0. The van der Waals surface area contributed by atoms with E-state index in [4.69, 9.17) is 4.74 Å². The maximum Gasteiger partial charge on any atom is 0.317 e. The Morgan fingerprint density at radius 2 is 2.00 bits per heavy atom. The van der Waals surface area contributed by atoms with Gasteiger partial charge in [-0.2, -0.15) is 0 Å². The molecule has 0 aliphatic carbocycles. The quantitative estimate of drug-likeness (QED) is 0.889. The summed E-state index contributed by atoms with van der Waals surface area (Å²) in [5.41, 5.74) is 2.03. The lowest BCUT2D eigenvalue weighted by molar-refractivity contribution is 0.138. The van der Waals surface area contributed by atoms with Gasteiger partial charge in [0.2, 0.25) is 0 Å². The van der Waals surface area contributed by atoms with Gasteiger partial charge in [-0.25, -0.2) is 13.2 Å². The second kappa shape index (κ2) is 6.52. The van der Waals surface area contributed by atoms with Crippen molar-refractivity contribution in [3.05, 3.63) is 29.3 Å². The number of hydrogen-bond acceptors (Lipinski definition) is 4. The molecule has 0 unspecified atom stereocenters. The lowest BCUT2D eigenvalue weighted by Gasteiger charge is -2.31. The lowest BCUT2D eigenvalue weighted by Crippen LogP contribution is -2.46. The van der Waals surface area contributed by atoms with Crippen molar-refractivity contribution in [3.8, 4) is 5.75 Å². The second-order valence-electron chi connectivity index (χ2n) is 7.63. The molecule has 3 rings (SSSR count). The van der Waals surface area contributed by atoms with E-state index >= 15 is 0 Å². The van der Waals surface area contributed by atoms with Crippen molar-refractivity contribution < 1.29 is 17.9 Å². The summed E-state index contributed by atoms with van der Waals surface area (Å²) in [6.07, 6.45) is 1.88. The van der Waals surface area contributed by atoms with Crippen LogP contribution >= 0.6 is 0 Å². The van der Waals surface area contributed by atoms with E-state index in [1.807, 2.05) is 12.1 Å². The van der Waals surface area contributed by atoms with E-state index in [0.29, 0.717) is 19.4 Å². The Bertz CT molecular complexity index is 759. The number of rotatable bonds is 3. The van der Waals surface area contributed by atoms with Crippen molar-refractivity contribution in [1.82, 2.24) is 10.2 Å². The Labute approximate surface area is 149 Å². The fourth-order valence-corrected chi connectivity index (χ4v) is 4.97. The van der Waals surface area contributed by atoms with Crippen molar-refractivity contribution in [2.75, 3.05) is 18.6 Å². The van der Waals surface area contributed by atoms with Crippen LogP contribution in [0, 0.1) is 0 Å². The highest BCUT2D eigenvalue weighted by Crippen LogP contribution is 2.35. The molecule has 2 aliphatic rings. The standard InChI is InChI=1S/C18H26N2O4S/c1-18(2)11-14-10-13(4-5-16(14)24-18)12-19-17(21)20(3)15-6-8-25(22,23)9-7-15/h4-5,10,15H,6-9,11-12H2,1-3H3,(H,19,21). The third-order valence-corrected chi connectivity index (χ3v) is 6.68. The number of carbonyl (C=O) groups excluding carboxylic acids is 1. The van der Waals surface area contributed by atoms with E-state index in [1.165, 1.54) is 5.56 Å². The van der Waals surface area contributed by atoms with Crippen LogP contribution in [0.3, 0.4) is 0 Å². The Hall–Kier alpha value is -1.76. The summed E-state index contributed by atoms with van der Waals surface area (Å²) in [5, 5.41) is 2.93. The minimum Gasteiger partial charge on any atom is -0.487 e. The third-order valence-electron chi connectivity index (χ3n) is 4.96. The minimum absolute atomic E-state index is 0.0160. The molecule has 2 aliphatic heterocycles. The van der Waals surface area contributed by atoms with Crippen molar-refractivity contribution >= 4 is 15.9 Å². The molecule has 7 heteroatoms. The molecule has 2 amide bonds. The number of sulfone groups is 1. The highest BCUT2D eigenvalue weighted by atomic mass is 32.2. The minimum atomic E-state index is -2.92. The van der Waals surface area contributed by atoms with Gasteiger partial charge in [-0.3, -0.25) is 0 Å². The fraction of sp³-hybridized carbons (Fsp3) is 0.611. The molecule has 25 heavy (non-hydrogen) atoms. The van der Waals surface area contributed by atoms with Gasteiger partial charge in [0.25, 0.3) is 0 Å². The molecule has 6 nitrogen and oxygen atoms in total. The van der Waals surface area contributed by atoms with Gasteiger partial charge < -0.3 is 15.0 Å². The topological polar surface area (TPSA) is 75.7 Å². The summed E-state index contributed by atoms with van der Waals surface area (Å²) in [5.74, 6) is 1.24. The predicted octanol–water partition coefficient (Wildman–Crippen LogP) is 2.12. The van der Waals surface area contributed by atoms with E-state index in [0.717, 1.165) is 17.7 Å². The maximum absolute atomic E-state index is 12.4. The zero-order valence-corrected chi connectivity index (χ0v) is 15.9. The van der Waals surface area contributed by atoms with Gasteiger partial charge in [-0.1, -0.05) is 12.1 Å². The highest BCUT2D eigenvalue weighted by molar-refractivity contribution is 7.91. The number of amides is 2. The van der Waals surface area contributed by atoms with Crippen LogP contribution in [0.25, 0.3) is 0 Å². The van der Waals surface area contributed by atoms with Crippen LogP contribution in [-0.2, 0) is 22.8 Å². The maximum atomic E-state index is 12.4. The third kappa shape index (κ3) is 4.26. The van der Waals surface area contributed by atoms with Crippen molar-refractivity contribution in [3.63, 3.8) is 0 Å². The van der Waals surface area contributed by atoms with Gasteiger partial charge >= 0.3 is 6.03 Å². The van der Waals surface area contributed by atoms with Gasteiger partial charge in [-0.05, 0) is 43.9 Å². The summed E-state index contributed by atoms with van der Waals surface area (Å²) in [4.78, 5) is 14.0. The van der Waals surface area contributed by atoms with Gasteiger partial charge in [0, 0.05) is 26.1 Å². The van der Waals surface area contributed by atoms with E-state index < -0.39 is 9.84 Å². The van der Waals surface area contributed by atoms with Gasteiger partial charge in [0.05, 0.1) is 11.5 Å². The monoisotopic (exact) mass is 366 g/mol. The van der Waals surface area contributed by atoms with Gasteiger partial charge in [0.15, 0.2) is 0 Å². The number of benzene rings is 1. The number of hydrogen-bond donors (Lipinski definition) is 1. The number of fused-ring (bicyclic) bond motifs is 1. The first kappa shape index (κ1) is 18.0. The fourth-order valence-electron chi connectivity index (χ4n) is 3.51.